The summed E-state index contributed by atoms with van der Waals surface area (Å²) in [6, 6.07) is 0. The van der Waals surface area contributed by atoms with Crippen LogP contribution in [0.3, 0.4) is 0 Å². The Hall–Kier alpha value is -0.570. The second-order valence-corrected chi connectivity index (χ2v) is 7.80. The molecule has 0 radical (unpaired) electrons. The summed E-state index contributed by atoms with van der Waals surface area (Å²) >= 11 is 0. The summed E-state index contributed by atoms with van der Waals surface area (Å²) in [5.74, 6) is 0.914. The van der Waals surface area contributed by atoms with Gasteiger partial charge in [0.15, 0.2) is 5.96 Å². The first-order chi connectivity index (χ1) is 11.9. The Morgan fingerprint density at radius 3 is 2.19 bits per heavy atom. The van der Waals surface area contributed by atoms with Gasteiger partial charge in [0.1, 0.15) is 0 Å². The molecule has 1 heterocycles. The Bertz CT molecular complexity index is 401. The van der Waals surface area contributed by atoms with E-state index in [0.717, 1.165) is 32.0 Å². The van der Waals surface area contributed by atoms with Crippen molar-refractivity contribution in [3.8, 4) is 0 Å². The molecule has 0 aromatic rings. The van der Waals surface area contributed by atoms with Crippen LogP contribution in [0.2, 0.25) is 0 Å². The third kappa shape index (κ3) is 11.9. The minimum Gasteiger partial charge on any atom is -0.357 e. The zero-order valence-corrected chi connectivity index (χ0v) is 19.5. The molecule has 0 atom stereocenters. The van der Waals surface area contributed by atoms with Crippen molar-refractivity contribution in [2.24, 2.45) is 10.4 Å². The van der Waals surface area contributed by atoms with Crippen LogP contribution < -0.4 is 16.0 Å². The summed E-state index contributed by atoms with van der Waals surface area (Å²) < 4.78 is 0. The van der Waals surface area contributed by atoms with Crippen molar-refractivity contribution in [3.63, 3.8) is 0 Å². The fraction of sp³-hybridized carbons (Fsp3) is 0.895. The number of likely N-dealkylation sites (tertiary alicyclic amines) is 1. The summed E-state index contributed by atoms with van der Waals surface area (Å²) in [6.45, 7) is 14.4. The third-order valence-corrected chi connectivity index (χ3v) is 4.33. The zero-order valence-electron chi connectivity index (χ0n) is 17.2. The van der Waals surface area contributed by atoms with Gasteiger partial charge in [0.2, 0.25) is 5.91 Å². The second-order valence-electron chi connectivity index (χ2n) is 7.80. The minimum atomic E-state index is -0.341. The first kappa shape index (κ1) is 25.4. The van der Waals surface area contributed by atoms with Crippen LogP contribution in [0.5, 0.6) is 0 Å². The maximum atomic E-state index is 11.8. The molecule has 1 aliphatic rings. The van der Waals surface area contributed by atoms with Crippen molar-refractivity contribution in [3.05, 3.63) is 0 Å². The van der Waals surface area contributed by atoms with Gasteiger partial charge in [-0.3, -0.25) is 9.79 Å². The molecule has 0 saturated carbocycles. The van der Waals surface area contributed by atoms with Gasteiger partial charge in [0.25, 0.3) is 0 Å². The number of halogens is 1. The Morgan fingerprint density at radius 2 is 1.62 bits per heavy atom. The third-order valence-electron chi connectivity index (χ3n) is 4.33. The van der Waals surface area contributed by atoms with Gasteiger partial charge in [-0.15, -0.1) is 24.0 Å². The van der Waals surface area contributed by atoms with E-state index in [-0.39, 0.29) is 35.3 Å². The molecule has 0 unspecified atom stereocenters. The molecule has 7 heteroatoms. The normalized spacial score (nSPS) is 16.4. The lowest BCUT2D eigenvalue weighted by Gasteiger charge is -2.19. The van der Waals surface area contributed by atoms with E-state index in [1.165, 1.54) is 38.8 Å². The highest BCUT2D eigenvalue weighted by Crippen LogP contribution is 2.12. The lowest BCUT2D eigenvalue weighted by atomic mass is 9.96. The molecule has 26 heavy (non-hydrogen) atoms. The van der Waals surface area contributed by atoms with E-state index in [1.54, 1.807) is 0 Å². The number of nitrogens with zero attached hydrogens (tertiary/aromatic N) is 2. The first-order valence-corrected chi connectivity index (χ1v) is 9.96. The molecule has 0 aromatic carbocycles. The van der Waals surface area contributed by atoms with Crippen LogP contribution in [0.4, 0.5) is 0 Å². The van der Waals surface area contributed by atoms with Crippen molar-refractivity contribution in [2.75, 3.05) is 45.8 Å². The summed E-state index contributed by atoms with van der Waals surface area (Å²) in [5.41, 5.74) is -0.341. The van der Waals surface area contributed by atoms with Gasteiger partial charge in [0, 0.05) is 31.6 Å². The molecule has 1 amide bonds. The highest BCUT2D eigenvalue weighted by molar-refractivity contribution is 14.0. The number of rotatable bonds is 8. The van der Waals surface area contributed by atoms with Crippen LogP contribution in [0.25, 0.3) is 0 Å². The van der Waals surface area contributed by atoms with Crippen LogP contribution in [0, 0.1) is 5.41 Å². The molecule has 0 aromatic heterocycles. The Balaban J connectivity index is 0.00000625. The van der Waals surface area contributed by atoms with E-state index in [1.807, 2.05) is 20.8 Å². The fourth-order valence-electron chi connectivity index (χ4n) is 2.81. The van der Waals surface area contributed by atoms with Crippen LogP contribution in [0.1, 0.15) is 59.8 Å². The highest BCUT2D eigenvalue weighted by Gasteiger charge is 2.20. The molecule has 154 valence electrons. The number of hydrogen-bond acceptors (Lipinski definition) is 3. The average molecular weight is 481 g/mol. The molecule has 1 fully saturated rings. The average Bonchev–Trinajstić information content (AvgIpc) is 2.83. The van der Waals surface area contributed by atoms with E-state index in [9.17, 15) is 4.79 Å². The highest BCUT2D eigenvalue weighted by atomic mass is 127. The zero-order chi connectivity index (χ0) is 18.5. The number of carbonyl (C=O) groups excluding carboxylic acids is 1. The SMILES string of the molecule is CCNC(=NCCCN1CCCCCC1)NCCNC(=O)C(C)(C)C.I. The molecule has 0 spiro atoms. The molecule has 1 aliphatic heterocycles. The Morgan fingerprint density at radius 1 is 1.00 bits per heavy atom. The van der Waals surface area contributed by atoms with Gasteiger partial charge in [-0.05, 0) is 45.8 Å². The van der Waals surface area contributed by atoms with E-state index < -0.39 is 0 Å². The van der Waals surface area contributed by atoms with E-state index >= 15 is 0 Å². The van der Waals surface area contributed by atoms with Gasteiger partial charge >= 0.3 is 0 Å². The maximum Gasteiger partial charge on any atom is 0.225 e. The van der Waals surface area contributed by atoms with Crippen LogP contribution in [-0.2, 0) is 4.79 Å². The number of hydrogen-bond donors (Lipinski definition) is 3. The Kier molecular flexibility index (Phi) is 14.2. The van der Waals surface area contributed by atoms with Gasteiger partial charge in [-0.2, -0.15) is 0 Å². The molecule has 0 bridgehead atoms. The molecule has 1 rings (SSSR count). The number of carbonyl (C=O) groups is 1. The Labute approximate surface area is 177 Å². The van der Waals surface area contributed by atoms with Crippen molar-refractivity contribution in [1.82, 2.24) is 20.9 Å². The van der Waals surface area contributed by atoms with Crippen molar-refractivity contribution in [1.29, 1.82) is 0 Å². The minimum absolute atomic E-state index is 0. The van der Waals surface area contributed by atoms with Gasteiger partial charge in [-0.1, -0.05) is 33.6 Å². The first-order valence-electron chi connectivity index (χ1n) is 9.96. The van der Waals surface area contributed by atoms with Crippen LogP contribution in [-0.4, -0.2) is 62.6 Å². The quantitative estimate of drug-likeness (QED) is 0.216. The van der Waals surface area contributed by atoms with E-state index in [2.05, 4.69) is 32.8 Å². The smallest absolute Gasteiger partial charge is 0.225 e. The maximum absolute atomic E-state index is 11.8. The topological polar surface area (TPSA) is 68.8 Å². The largest absolute Gasteiger partial charge is 0.357 e. The second kappa shape index (κ2) is 14.5. The number of guanidine groups is 1. The number of nitrogens with one attached hydrogen (secondary N) is 3. The standard InChI is InChI=1S/C19H39N5O.HI/c1-5-20-18(23-13-12-21-17(25)19(2,3)4)22-11-10-16-24-14-8-6-7-9-15-24;/h5-16H2,1-4H3,(H,21,25)(H2,20,22,23);1H. The van der Waals surface area contributed by atoms with Crippen LogP contribution >= 0.6 is 24.0 Å². The molecule has 3 N–H and O–H groups in total. The predicted molar refractivity (Wildman–Crippen MR) is 121 cm³/mol. The molecular weight excluding hydrogens is 441 g/mol. The lowest BCUT2D eigenvalue weighted by Crippen LogP contribution is -2.43. The van der Waals surface area contributed by atoms with Gasteiger partial charge in [0.05, 0.1) is 0 Å². The molecule has 6 nitrogen and oxygen atoms in total. The van der Waals surface area contributed by atoms with E-state index in [0.29, 0.717) is 13.1 Å². The monoisotopic (exact) mass is 481 g/mol. The summed E-state index contributed by atoms with van der Waals surface area (Å²) in [5, 5.41) is 9.49. The summed E-state index contributed by atoms with van der Waals surface area (Å²) in [6.07, 6.45) is 6.54. The summed E-state index contributed by atoms with van der Waals surface area (Å²) in [7, 11) is 0. The van der Waals surface area contributed by atoms with Crippen molar-refractivity contribution >= 4 is 35.8 Å². The van der Waals surface area contributed by atoms with E-state index in [4.69, 9.17) is 0 Å². The van der Waals surface area contributed by atoms with Gasteiger partial charge < -0.3 is 20.9 Å². The molecule has 1 saturated heterocycles. The fourth-order valence-corrected chi connectivity index (χ4v) is 2.81. The number of aliphatic imine (C=N–C) groups is 1. The molecule has 0 aliphatic carbocycles. The van der Waals surface area contributed by atoms with Crippen molar-refractivity contribution < 1.29 is 4.79 Å². The van der Waals surface area contributed by atoms with Crippen molar-refractivity contribution in [2.45, 2.75) is 59.8 Å². The molecular formula is C19H40IN5O. The predicted octanol–water partition coefficient (Wildman–Crippen LogP) is 2.59. The number of amides is 1. The van der Waals surface area contributed by atoms with Gasteiger partial charge in [-0.25, -0.2) is 0 Å². The van der Waals surface area contributed by atoms with Crippen LogP contribution in [0.15, 0.2) is 4.99 Å². The summed E-state index contributed by atoms with van der Waals surface area (Å²) in [4.78, 5) is 19.0. The lowest BCUT2D eigenvalue weighted by molar-refractivity contribution is -0.128.